The van der Waals surface area contributed by atoms with E-state index in [1.807, 2.05) is 23.1 Å². The van der Waals surface area contributed by atoms with Crippen molar-refractivity contribution < 1.29 is 19.1 Å². The minimum atomic E-state index is -0.336. The van der Waals surface area contributed by atoms with Gasteiger partial charge in [0.1, 0.15) is 0 Å². The fraction of sp³-hybridized carbons (Fsp3) is 0.412. The van der Waals surface area contributed by atoms with Crippen LogP contribution in [0.25, 0.3) is 6.08 Å². The lowest BCUT2D eigenvalue weighted by molar-refractivity contribution is -0.125. The van der Waals surface area contributed by atoms with Gasteiger partial charge < -0.3 is 20.1 Å². The van der Waals surface area contributed by atoms with Crippen molar-refractivity contribution >= 4 is 17.9 Å². The topological polar surface area (TPSA) is 85.1 Å². The summed E-state index contributed by atoms with van der Waals surface area (Å²) in [5, 5.41) is 0. The van der Waals surface area contributed by atoms with Gasteiger partial charge >= 0.3 is 0 Å². The van der Waals surface area contributed by atoms with Gasteiger partial charge in [0.25, 0.3) is 0 Å². The van der Waals surface area contributed by atoms with E-state index in [0.717, 1.165) is 24.3 Å². The van der Waals surface area contributed by atoms with Crippen LogP contribution in [-0.4, -0.2) is 61.1 Å². The Morgan fingerprint density at radius 3 is 2.79 bits per heavy atom. The summed E-state index contributed by atoms with van der Waals surface area (Å²) < 4.78 is 10.6. The van der Waals surface area contributed by atoms with Crippen molar-refractivity contribution in [3.05, 3.63) is 29.8 Å². The molecule has 2 amide bonds. The second-order valence-corrected chi connectivity index (χ2v) is 5.87. The van der Waals surface area contributed by atoms with E-state index in [2.05, 4.69) is 0 Å². The first-order valence-electron chi connectivity index (χ1n) is 7.99. The molecule has 0 spiro atoms. The molecule has 0 aromatic heterocycles. The van der Waals surface area contributed by atoms with Gasteiger partial charge in [-0.25, -0.2) is 0 Å². The number of ether oxygens (including phenoxy) is 2. The zero-order valence-corrected chi connectivity index (χ0v) is 13.4. The van der Waals surface area contributed by atoms with E-state index < -0.39 is 0 Å². The van der Waals surface area contributed by atoms with Gasteiger partial charge in [-0.15, -0.1) is 0 Å². The smallest absolute Gasteiger partial charge is 0.246 e. The van der Waals surface area contributed by atoms with E-state index in [1.54, 1.807) is 17.1 Å². The van der Waals surface area contributed by atoms with Crippen molar-refractivity contribution in [1.82, 2.24) is 9.80 Å². The third-order valence-corrected chi connectivity index (χ3v) is 4.09. The Hall–Kier alpha value is -2.54. The Balaban J connectivity index is 1.57. The Kier molecular flexibility index (Phi) is 5.00. The number of fused-ring (bicyclic) bond motifs is 1. The Bertz CT molecular complexity index is 659. The molecule has 0 saturated carbocycles. The van der Waals surface area contributed by atoms with Crippen LogP contribution in [0.3, 0.4) is 0 Å². The number of amides is 2. The fourth-order valence-electron chi connectivity index (χ4n) is 2.86. The molecule has 2 aliphatic rings. The van der Waals surface area contributed by atoms with Crippen molar-refractivity contribution in [3.8, 4) is 11.5 Å². The third kappa shape index (κ3) is 4.05. The molecule has 3 rings (SSSR count). The SMILES string of the molecule is NC(=O)CN1CCCN(C(=O)C=Cc2ccc3c(c2)OCO3)CC1. The zero-order valence-electron chi connectivity index (χ0n) is 13.4. The monoisotopic (exact) mass is 331 g/mol. The molecule has 1 aromatic rings. The highest BCUT2D eigenvalue weighted by Gasteiger charge is 2.18. The highest BCUT2D eigenvalue weighted by atomic mass is 16.7. The molecular weight excluding hydrogens is 310 g/mol. The van der Waals surface area contributed by atoms with E-state index in [9.17, 15) is 9.59 Å². The summed E-state index contributed by atoms with van der Waals surface area (Å²) in [5.74, 6) is 1.05. The van der Waals surface area contributed by atoms with Gasteiger partial charge in [-0.2, -0.15) is 0 Å². The summed E-state index contributed by atoms with van der Waals surface area (Å²) >= 11 is 0. The van der Waals surface area contributed by atoms with Gasteiger partial charge in [0.05, 0.1) is 6.54 Å². The molecule has 2 aliphatic heterocycles. The molecule has 1 aromatic carbocycles. The summed E-state index contributed by atoms with van der Waals surface area (Å²) in [4.78, 5) is 27.1. The Labute approximate surface area is 140 Å². The molecule has 1 fully saturated rings. The molecule has 0 aliphatic carbocycles. The molecule has 2 heterocycles. The molecule has 0 bridgehead atoms. The van der Waals surface area contributed by atoms with E-state index >= 15 is 0 Å². The second-order valence-electron chi connectivity index (χ2n) is 5.87. The Morgan fingerprint density at radius 2 is 1.96 bits per heavy atom. The maximum Gasteiger partial charge on any atom is 0.246 e. The molecule has 0 atom stereocenters. The minimum Gasteiger partial charge on any atom is -0.454 e. The molecule has 128 valence electrons. The second kappa shape index (κ2) is 7.35. The Morgan fingerprint density at radius 1 is 1.12 bits per heavy atom. The van der Waals surface area contributed by atoms with Crippen LogP contribution in [0.4, 0.5) is 0 Å². The lowest BCUT2D eigenvalue weighted by atomic mass is 10.2. The molecular formula is C17H21N3O4. The van der Waals surface area contributed by atoms with Crippen LogP contribution in [0.2, 0.25) is 0 Å². The van der Waals surface area contributed by atoms with E-state index in [-0.39, 0.29) is 25.2 Å². The molecule has 1 saturated heterocycles. The first kappa shape index (κ1) is 16.3. The van der Waals surface area contributed by atoms with Crippen LogP contribution in [0.5, 0.6) is 11.5 Å². The van der Waals surface area contributed by atoms with Gasteiger partial charge in [0, 0.05) is 32.3 Å². The summed E-state index contributed by atoms with van der Waals surface area (Å²) in [5.41, 5.74) is 6.11. The van der Waals surface area contributed by atoms with Crippen molar-refractivity contribution in [1.29, 1.82) is 0 Å². The van der Waals surface area contributed by atoms with Crippen LogP contribution in [-0.2, 0) is 9.59 Å². The summed E-state index contributed by atoms with van der Waals surface area (Å²) in [6.07, 6.45) is 4.18. The number of hydrogen-bond acceptors (Lipinski definition) is 5. The number of nitrogens with two attached hydrogens (primary N) is 1. The number of rotatable bonds is 4. The van der Waals surface area contributed by atoms with Gasteiger partial charge in [-0.05, 0) is 30.2 Å². The standard InChI is InChI=1S/C17H21N3O4/c18-16(21)11-19-6-1-7-20(9-8-19)17(22)5-3-13-2-4-14-15(10-13)24-12-23-14/h2-5,10H,1,6-9,11-12H2,(H2,18,21). The minimum absolute atomic E-state index is 0.0337. The lowest BCUT2D eigenvalue weighted by Gasteiger charge is -2.19. The highest BCUT2D eigenvalue weighted by molar-refractivity contribution is 5.92. The highest BCUT2D eigenvalue weighted by Crippen LogP contribution is 2.32. The first-order chi connectivity index (χ1) is 11.6. The normalized spacial score (nSPS) is 17.9. The van der Waals surface area contributed by atoms with Crippen molar-refractivity contribution in [2.75, 3.05) is 39.5 Å². The van der Waals surface area contributed by atoms with Gasteiger partial charge in [0.15, 0.2) is 11.5 Å². The predicted molar refractivity (Wildman–Crippen MR) is 88.4 cm³/mol. The summed E-state index contributed by atoms with van der Waals surface area (Å²) in [7, 11) is 0. The molecule has 7 nitrogen and oxygen atoms in total. The van der Waals surface area contributed by atoms with Crippen LogP contribution in [0, 0.1) is 0 Å². The number of hydrogen-bond donors (Lipinski definition) is 1. The predicted octanol–water partition coefficient (Wildman–Crippen LogP) is 0.448. The zero-order chi connectivity index (χ0) is 16.9. The number of primary amides is 1. The summed E-state index contributed by atoms with van der Waals surface area (Å²) in [6.45, 7) is 3.19. The van der Waals surface area contributed by atoms with E-state index in [4.69, 9.17) is 15.2 Å². The van der Waals surface area contributed by atoms with Crippen LogP contribution < -0.4 is 15.2 Å². The number of benzene rings is 1. The van der Waals surface area contributed by atoms with Crippen LogP contribution in [0.15, 0.2) is 24.3 Å². The summed E-state index contributed by atoms with van der Waals surface area (Å²) in [6, 6.07) is 5.57. The third-order valence-electron chi connectivity index (χ3n) is 4.09. The van der Waals surface area contributed by atoms with E-state index in [0.29, 0.717) is 25.4 Å². The molecule has 0 radical (unpaired) electrons. The number of nitrogens with zero attached hydrogens (tertiary/aromatic N) is 2. The maximum atomic E-state index is 12.4. The quantitative estimate of drug-likeness (QED) is 0.810. The molecule has 2 N–H and O–H groups in total. The molecule has 0 unspecified atom stereocenters. The van der Waals surface area contributed by atoms with Gasteiger partial charge in [0.2, 0.25) is 18.6 Å². The average molecular weight is 331 g/mol. The maximum absolute atomic E-state index is 12.4. The van der Waals surface area contributed by atoms with Crippen LogP contribution >= 0.6 is 0 Å². The van der Waals surface area contributed by atoms with Gasteiger partial charge in [-0.3, -0.25) is 14.5 Å². The van der Waals surface area contributed by atoms with Gasteiger partial charge in [-0.1, -0.05) is 6.07 Å². The molecule has 7 heteroatoms. The van der Waals surface area contributed by atoms with Crippen LogP contribution in [0.1, 0.15) is 12.0 Å². The van der Waals surface area contributed by atoms with E-state index in [1.165, 1.54) is 0 Å². The number of carbonyl (C=O) groups excluding carboxylic acids is 2. The first-order valence-corrected chi connectivity index (χ1v) is 7.99. The number of carbonyl (C=O) groups is 2. The largest absolute Gasteiger partial charge is 0.454 e. The molecule has 24 heavy (non-hydrogen) atoms. The van der Waals surface area contributed by atoms with Crippen molar-refractivity contribution in [2.45, 2.75) is 6.42 Å². The van der Waals surface area contributed by atoms with Crippen molar-refractivity contribution in [2.24, 2.45) is 5.73 Å². The van der Waals surface area contributed by atoms with Crippen molar-refractivity contribution in [3.63, 3.8) is 0 Å². The fourth-order valence-corrected chi connectivity index (χ4v) is 2.86. The average Bonchev–Trinajstić information content (AvgIpc) is 2.90. The lowest BCUT2D eigenvalue weighted by Crippen LogP contribution is -2.37.